The summed E-state index contributed by atoms with van der Waals surface area (Å²) in [5.74, 6) is -0.494. The fraction of sp³-hybridized carbons (Fsp3) is 0.222. The molecule has 2 aromatic carbocycles. The molecule has 0 bridgehead atoms. The number of hydrogen-bond donors (Lipinski definition) is 2. The molecule has 0 unspecified atom stereocenters. The first-order chi connectivity index (χ1) is 17.0. The number of aromatic nitrogens is 3. The van der Waals surface area contributed by atoms with Gasteiger partial charge in [-0.1, -0.05) is 24.3 Å². The second kappa shape index (κ2) is 9.77. The molecule has 0 radical (unpaired) electrons. The van der Waals surface area contributed by atoms with Crippen molar-refractivity contribution >= 4 is 5.91 Å². The molecule has 2 aromatic heterocycles. The quantitative estimate of drug-likeness (QED) is 0.458. The van der Waals surface area contributed by atoms with E-state index < -0.39 is 0 Å². The van der Waals surface area contributed by atoms with Crippen molar-refractivity contribution in [1.82, 2.24) is 30.5 Å². The summed E-state index contributed by atoms with van der Waals surface area (Å²) in [5.41, 5.74) is 8.67. The lowest BCUT2D eigenvalue weighted by Gasteiger charge is -2.32. The number of benzene rings is 2. The van der Waals surface area contributed by atoms with Crippen molar-refractivity contribution in [2.24, 2.45) is 0 Å². The summed E-state index contributed by atoms with van der Waals surface area (Å²) in [6, 6.07) is 17.8. The molecule has 5 rings (SSSR count). The highest BCUT2D eigenvalue weighted by Gasteiger charge is 2.18. The summed E-state index contributed by atoms with van der Waals surface area (Å²) in [4.78, 5) is 19.5. The van der Waals surface area contributed by atoms with Gasteiger partial charge in [-0.25, -0.2) is 9.40 Å². The number of carbonyl (C=O) groups excluding carboxylic acids is 1. The van der Waals surface area contributed by atoms with Gasteiger partial charge in [0, 0.05) is 54.8 Å². The van der Waals surface area contributed by atoms with Crippen molar-refractivity contribution in [3.8, 4) is 33.6 Å². The molecule has 0 atom stereocenters. The maximum absolute atomic E-state index is 14.8. The Kier molecular flexibility index (Phi) is 6.39. The molecule has 1 aliphatic heterocycles. The van der Waals surface area contributed by atoms with E-state index in [4.69, 9.17) is 0 Å². The van der Waals surface area contributed by atoms with Gasteiger partial charge in [0.25, 0.3) is 5.91 Å². The predicted octanol–water partition coefficient (Wildman–Crippen LogP) is 4.15. The van der Waals surface area contributed by atoms with Crippen LogP contribution in [0.1, 0.15) is 16.1 Å². The van der Waals surface area contributed by atoms with Crippen LogP contribution in [-0.2, 0) is 0 Å². The molecule has 1 aliphatic rings. The van der Waals surface area contributed by atoms with Crippen molar-refractivity contribution in [3.05, 3.63) is 83.9 Å². The number of nitrogens with one attached hydrogen (secondary N) is 2. The summed E-state index contributed by atoms with van der Waals surface area (Å²) >= 11 is 0. The average Bonchev–Trinajstić information content (AvgIpc) is 3.36. The summed E-state index contributed by atoms with van der Waals surface area (Å²) in [6.07, 6.45) is 1.79. The van der Waals surface area contributed by atoms with Gasteiger partial charge in [0.1, 0.15) is 11.5 Å². The van der Waals surface area contributed by atoms with Gasteiger partial charge in [0.05, 0.1) is 5.69 Å². The van der Waals surface area contributed by atoms with Crippen LogP contribution < -0.4 is 5.43 Å². The van der Waals surface area contributed by atoms with E-state index in [-0.39, 0.29) is 11.7 Å². The van der Waals surface area contributed by atoms with E-state index in [1.165, 1.54) is 6.07 Å². The molecule has 3 heterocycles. The maximum atomic E-state index is 14.8. The van der Waals surface area contributed by atoms with E-state index in [9.17, 15) is 9.18 Å². The van der Waals surface area contributed by atoms with Crippen LogP contribution in [0.25, 0.3) is 33.6 Å². The number of piperazine rings is 1. The lowest BCUT2D eigenvalue weighted by molar-refractivity contribution is 0.0662. The van der Waals surface area contributed by atoms with Crippen LogP contribution in [0.5, 0.6) is 0 Å². The summed E-state index contributed by atoms with van der Waals surface area (Å²) < 4.78 is 14.8. The molecule has 1 saturated heterocycles. The zero-order valence-corrected chi connectivity index (χ0v) is 19.8. The Balaban J connectivity index is 1.38. The number of hydrogen-bond acceptors (Lipinski definition) is 5. The van der Waals surface area contributed by atoms with Crippen molar-refractivity contribution in [1.29, 1.82) is 0 Å². The van der Waals surface area contributed by atoms with E-state index in [0.717, 1.165) is 48.7 Å². The highest BCUT2D eigenvalue weighted by atomic mass is 19.1. The topological polar surface area (TPSA) is 77.2 Å². The SMILES string of the molecule is Cc1cccc(-c2n[nH]cc2-c2ccc(F)c(-c3ccc(C(=O)NN4CCN(C)CC4)cc3)c2)n1. The minimum absolute atomic E-state index is 0.163. The third-order valence-electron chi connectivity index (χ3n) is 6.27. The summed E-state index contributed by atoms with van der Waals surface area (Å²) in [6.45, 7) is 5.32. The number of pyridine rings is 1. The number of halogens is 1. The zero-order chi connectivity index (χ0) is 24.4. The molecule has 1 amide bonds. The second-order valence-electron chi connectivity index (χ2n) is 8.81. The number of nitrogens with zero attached hydrogens (tertiary/aromatic N) is 4. The van der Waals surface area contributed by atoms with Crippen molar-refractivity contribution in [3.63, 3.8) is 0 Å². The highest BCUT2D eigenvalue weighted by Crippen LogP contribution is 2.33. The first-order valence-electron chi connectivity index (χ1n) is 11.6. The average molecular weight is 471 g/mol. The van der Waals surface area contributed by atoms with Gasteiger partial charge < -0.3 is 4.90 Å². The van der Waals surface area contributed by atoms with E-state index in [2.05, 4.69) is 32.6 Å². The number of amides is 1. The van der Waals surface area contributed by atoms with Crippen molar-refractivity contribution in [2.75, 3.05) is 33.2 Å². The molecular weight excluding hydrogens is 443 g/mol. The van der Waals surface area contributed by atoms with Gasteiger partial charge in [0.15, 0.2) is 0 Å². The first-order valence-corrected chi connectivity index (χ1v) is 11.6. The molecule has 0 saturated carbocycles. The molecule has 0 spiro atoms. The van der Waals surface area contributed by atoms with Gasteiger partial charge in [-0.15, -0.1) is 0 Å². The van der Waals surface area contributed by atoms with E-state index in [1.54, 1.807) is 42.6 Å². The number of aromatic amines is 1. The molecule has 4 aromatic rings. The lowest BCUT2D eigenvalue weighted by atomic mass is 9.97. The minimum atomic E-state index is -0.331. The van der Waals surface area contributed by atoms with Gasteiger partial charge in [-0.3, -0.25) is 20.3 Å². The Morgan fingerprint density at radius 2 is 1.71 bits per heavy atom. The monoisotopic (exact) mass is 470 g/mol. The van der Waals surface area contributed by atoms with Gasteiger partial charge in [-0.05, 0) is 61.5 Å². The van der Waals surface area contributed by atoms with Crippen LogP contribution in [0.2, 0.25) is 0 Å². The highest BCUT2D eigenvalue weighted by molar-refractivity contribution is 5.94. The van der Waals surface area contributed by atoms with Gasteiger partial charge >= 0.3 is 0 Å². The van der Waals surface area contributed by atoms with E-state index >= 15 is 0 Å². The first kappa shape index (κ1) is 22.9. The number of likely N-dealkylation sites (N-methyl/N-ethyl adjacent to an activating group) is 1. The molecule has 178 valence electrons. The van der Waals surface area contributed by atoms with E-state index in [0.29, 0.717) is 22.4 Å². The van der Waals surface area contributed by atoms with Crippen molar-refractivity contribution in [2.45, 2.75) is 6.92 Å². The summed E-state index contributed by atoms with van der Waals surface area (Å²) in [7, 11) is 2.07. The number of aryl methyl sites for hydroxylation is 1. The fourth-order valence-electron chi connectivity index (χ4n) is 4.22. The standard InChI is InChI=1S/C27H27FN6O/c1-18-4-3-5-25(30-18)26-23(17-29-31-26)21-10-11-24(28)22(16-21)19-6-8-20(9-7-19)27(35)32-34-14-12-33(2)13-15-34/h3-11,16-17H,12-15H2,1-2H3,(H,29,31)(H,32,35). The van der Waals surface area contributed by atoms with Crippen LogP contribution >= 0.6 is 0 Å². The Morgan fingerprint density at radius 1 is 0.971 bits per heavy atom. The maximum Gasteiger partial charge on any atom is 0.265 e. The molecule has 7 nitrogen and oxygen atoms in total. The second-order valence-corrected chi connectivity index (χ2v) is 8.81. The molecular formula is C27H27FN6O. The fourth-order valence-corrected chi connectivity index (χ4v) is 4.22. The smallest absolute Gasteiger partial charge is 0.265 e. The van der Waals surface area contributed by atoms with Gasteiger partial charge in [0.2, 0.25) is 0 Å². The normalized spacial score (nSPS) is 14.7. The predicted molar refractivity (Wildman–Crippen MR) is 134 cm³/mol. The molecule has 1 fully saturated rings. The Labute approximate surface area is 203 Å². The van der Waals surface area contributed by atoms with Crippen LogP contribution in [0.4, 0.5) is 4.39 Å². The molecule has 35 heavy (non-hydrogen) atoms. The van der Waals surface area contributed by atoms with Crippen LogP contribution in [0.15, 0.2) is 66.9 Å². The lowest BCUT2D eigenvalue weighted by Crippen LogP contribution is -2.52. The number of H-pyrrole nitrogens is 1. The Hall–Kier alpha value is -3.88. The number of carbonyl (C=O) groups is 1. The Bertz CT molecular complexity index is 1340. The molecule has 0 aliphatic carbocycles. The van der Waals surface area contributed by atoms with Crippen LogP contribution in [0, 0.1) is 12.7 Å². The summed E-state index contributed by atoms with van der Waals surface area (Å²) in [5, 5.41) is 9.22. The van der Waals surface area contributed by atoms with E-state index in [1.807, 2.05) is 30.1 Å². The van der Waals surface area contributed by atoms with Gasteiger partial charge in [-0.2, -0.15) is 5.10 Å². The van der Waals surface area contributed by atoms with Crippen LogP contribution in [-0.4, -0.2) is 64.2 Å². The molecule has 2 N–H and O–H groups in total. The number of hydrazine groups is 1. The minimum Gasteiger partial charge on any atom is -0.304 e. The third-order valence-corrected chi connectivity index (χ3v) is 6.27. The number of rotatable bonds is 5. The van der Waals surface area contributed by atoms with Crippen molar-refractivity contribution < 1.29 is 9.18 Å². The van der Waals surface area contributed by atoms with Crippen LogP contribution in [0.3, 0.4) is 0 Å². The largest absolute Gasteiger partial charge is 0.304 e. The third kappa shape index (κ3) is 4.99. The Morgan fingerprint density at radius 3 is 2.46 bits per heavy atom. The zero-order valence-electron chi connectivity index (χ0n) is 19.8. The molecule has 8 heteroatoms.